The molecule has 2 aromatic heterocycles. The number of para-hydroxylation sites is 1. The maximum atomic E-state index is 13.3. The van der Waals surface area contributed by atoms with Gasteiger partial charge in [0.1, 0.15) is 23.0 Å². The predicted molar refractivity (Wildman–Crippen MR) is 179 cm³/mol. The Morgan fingerprint density at radius 2 is 1.80 bits per heavy atom. The number of nitrogens with two attached hydrogens (primary N) is 1. The monoisotopic (exact) mass is 663 g/mol. The Kier molecular flexibility index (Phi) is 9.69. The molecule has 250 valence electrons. The normalized spacial score (nSPS) is 14.3. The maximum absolute atomic E-state index is 13.3. The number of piperidine rings is 1. The number of hydrogen-bond acceptors (Lipinski definition) is 12. The third-order valence-corrected chi connectivity index (χ3v) is 8.01. The number of carbonyl (C=O) groups is 3. The van der Waals surface area contributed by atoms with Crippen molar-refractivity contribution < 1.29 is 24.2 Å². The van der Waals surface area contributed by atoms with Crippen LogP contribution >= 0.6 is 0 Å². The van der Waals surface area contributed by atoms with E-state index in [1.807, 2.05) is 24.3 Å². The molecule has 3 heterocycles. The van der Waals surface area contributed by atoms with Gasteiger partial charge in [0.25, 0.3) is 11.5 Å². The van der Waals surface area contributed by atoms with Crippen LogP contribution in [0.3, 0.4) is 0 Å². The number of ether oxygens (including phenoxy) is 1. The molecule has 5 aromatic rings. The van der Waals surface area contributed by atoms with Gasteiger partial charge in [0.2, 0.25) is 11.8 Å². The fourth-order valence-corrected chi connectivity index (χ4v) is 5.39. The molecular weight excluding hydrogens is 630 g/mol. The number of imide groups is 1. The fraction of sp³-hybridized carbons (Fsp3) is 0.235. The molecule has 0 saturated carbocycles. The Hall–Kier alpha value is -6.38. The Morgan fingerprint density at radius 1 is 1.00 bits per heavy atom. The second kappa shape index (κ2) is 14.6. The largest absolute Gasteiger partial charge is 0.507 e. The molecule has 3 aromatic carbocycles. The molecule has 6 N–H and O–H groups in total. The van der Waals surface area contributed by atoms with E-state index in [0.717, 1.165) is 15.8 Å². The number of aromatic hydroxyl groups is 1. The zero-order valence-electron chi connectivity index (χ0n) is 26.3. The van der Waals surface area contributed by atoms with E-state index in [0.29, 0.717) is 47.8 Å². The van der Waals surface area contributed by atoms with Crippen LogP contribution in [0, 0.1) is 0 Å². The van der Waals surface area contributed by atoms with E-state index in [1.54, 1.807) is 48.5 Å². The molecule has 49 heavy (non-hydrogen) atoms. The van der Waals surface area contributed by atoms with E-state index >= 15 is 0 Å². The quantitative estimate of drug-likeness (QED) is 0.122. The van der Waals surface area contributed by atoms with Gasteiger partial charge in [-0.25, -0.2) is 0 Å². The topological polar surface area (TPSA) is 216 Å². The number of phenols is 1. The van der Waals surface area contributed by atoms with Gasteiger partial charge < -0.3 is 26.2 Å². The van der Waals surface area contributed by atoms with Gasteiger partial charge in [0.05, 0.1) is 12.0 Å². The number of rotatable bonds is 12. The van der Waals surface area contributed by atoms with E-state index in [4.69, 9.17) is 10.5 Å². The lowest BCUT2D eigenvalue weighted by atomic mass is 10.1. The number of phenolic OH excluding ortho intramolecular Hbond substituents is 1. The summed E-state index contributed by atoms with van der Waals surface area (Å²) >= 11 is 0. The summed E-state index contributed by atoms with van der Waals surface area (Å²) in [5, 5.41) is 34.7. The van der Waals surface area contributed by atoms with Gasteiger partial charge in [-0.1, -0.05) is 47.7 Å². The lowest BCUT2D eigenvalue weighted by Crippen LogP contribution is -2.45. The first-order valence-electron chi connectivity index (χ1n) is 15.6. The van der Waals surface area contributed by atoms with E-state index in [-0.39, 0.29) is 48.7 Å². The summed E-state index contributed by atoms with van der Waals surface area (Å²) in [7, 11) is 0. The molecule has 1 saturated heterocycles. The summed E-state index contributed by atoms with van der Waals surface area (Å²) in [6, 6.07) is 20.3. The van der Waals surface area contributed by atoms with Crippen LogP contribution in [-0.2, 0) is 27.3 Å². The minimum atomic E-state index is -0.932. The SMILES string of the molecule is Nc1nnc(-c2ccccc2O)cc1OCCc1ccc(CNC(=O)CCNc2cccc3nnn(C4CCC(=O)NC4=O)c(=O)c23)cc1. The van der Waals surface area contributed by atoms with E-state index < -0.39 is 23.4 Å². The molecule has 1 aliphatic rings. The Bertz CT molecular complexity index is 2080. The molecule has 1 fully saturated rings. The van der Waals surface area contributed by atoms with Crippen molar-refractivity contribution in [1.82, 2.24) is 35.8 Å². The molecular formula is C34H33N9O6. The summed E-state index contributed by atoms with van der Waals surface area (Å²) in [5.74, 6) is -0.560. The van der Waals surface area contributed by atoms with Crippen LogP contribution in [0.15, 0.2) is 77.6 Å². The third-order valence-electron chi connectivity index (χ3n) is 8.01. The van der Waals surface area contributed by atoms with Crippen LogP contribution in [-0.4, -0.2) is 61.2 Å². The first-order chi connectivity index (χ1) is 23.8. The van der Waals surface area contributed by atoms with Crippen molar-refractivity contribution in [2.45, 2.75) is 38.3 Å². The summed E-state index contributed by atoms with van der Waals surface area (Å²) in [4.78, 5) is 49.8. The number of anilines is 2. The highest BCUT2D eigenvalue weighted by Gasteiger charge is 2.30. The zero-order chi connectivity index (χ0) is 34.3. The zero-order valence-corrected chi connectivity index (χ0v) is 26.3. The minimum Gasteiger partial charge on any atom is -0.507 e. The molecule has 15 nitrogen and oxygen atoms in total. The van der Waals surface area contributed by atoms with Crippen molar-refractivity contribution in [2.75, 3.05) is 24.2 Å². The maximum Gasteiger partial charge on any atom is 0.280 e. The lowest BCUT2D eigenvalue weighted by Gasteiger charge is -2.21. The highest BCUT2D eigenvalue weighted by molar-refractivity contribution is 5.99. The lowest BCUT2D eigenvalue weighted by molar-refractivity contribution is -0.136. The van der Waals surface area contributed by atoms with Gasteiger partial charge in [-0.3, -0.25) is 24.5 Å². The third kappa shape index (κ3) is 7.62. The molecule has 1 aliphatic heterocycles. The van der Waals surface area contributed by atoms with Gasteiger partial charge in [0.15, 0.2) is 11.6 Å². The Balaban J connectivity index is 0.975. The van der Waals surface area contributed by atoms with Crippen LogP contribution in [0.2, 0.25) is 0 Å². The standard InChI is InChI=1S/C34H33N9O6/c35-32-28(18-25(39-41-32)22-4-1-2-7-27(22)44)49-17-15-20-8-10-21(11-9-20)19-37-29(45)14-16-36-23-5-3-6-24-31(23)34(48)43(42-40-24)26-12-13-30(46)38-33(26)47/h1-11,18,26,36,44H,12-17,19H2,(H2,35,41)(H,37,45)(H,38,46,47). The van der Waals surface area contributed by atoms with Gasteiger partial charge in [-0.2, -0.15) is 4.68 Å². The number of amides is 3. The van der Waals surface area contributed by atoms with Crippen LogP contribution in [0.25, 0.3) is 22.2 Å². The fourth-order valence-electron chi connectivity index (χ4n) is 5.39. The predicted octanol–water partition coefficient (Wildman–Crippen LogP) is 2.25. The van der Waals surface area contributed by atoms with Crippen molar-refractivity contribution in [2.24, 2.45) is 0 Å². The van der Waals surface area contributed by atoms with Crippen LogP contribution in [0.5, 0.6) is 11.5 Å². The highest BCUT2D eigenvalue weighted by atomic mass is 16.5. The summed E-state index contributed by atoms with van der Waals surface area (Å²) in [6.45, 7) is 0.924. The molecule has 6 rings (SSSR count). The average molecular weight is 664 g/mol. The van der Waals surface area contributed by atoms with Crippen molar-refractivity contribution in [3.63, 3.8) is 0 Å². The smallest absolute Gasteiger partial charge is 0.280 e. The Labute approximate surface area is 279 Å². The molecule has 0 spiro atoms. The number of nitrogens with one attached hydrogen (secondary N) is 3. The Morgan fingerprint density at radius 3 is 2.59 bits per heavy atom. The molecule has 0 radical (unpaired) electrons. The van der Waals surface area contributed by atoms with Crippen molar-refractivity contribution in [1.29, 1.82) is 0 Å². The number of nitrogen functional groups attached to an aromatic ring is 1. The molecule has 3 amide bonds. The summed E-state index contributed by atoms with van der Waals surface area (Å²) < 4.78 is 6.87. The number of fused-ring (bicyclic) bond motifs is 1. The first kappa shape index (κ1) is 32.6. The number of hydrogen-bond donors (Lipinski definition) is 5. The van der Waals surface area contributed by atoms with Crippen LogP contribution in [0.1, 0.15) is 36.4 Å². The summed E-state index contributed by atoms with van der Waals surface area (Å²) in [6.07, 6.45) is 0.998. The second-order valence-electron chi connectivity index (χ2n) is 11.4. The van der Waals surface area contributed by atoms with Gasteiger partial charge >= 0.3 is 0 Å². The highest BCUT2D eigenvalue weighted by Crippen LogP contribution is 2.30. The molecule has 15 heteroatoms. The second-order valence-corrected chi connectivity index (χ2v) is 11.4. The van der Waals surface area contributed by atoms with Crippen molar-refractivity contribution >= 4 is 40.1 Å². The number of benzene rings is 3. The van der Waals surface area contributed by atoms with E-state index in [2.05, 4.69) is 36.5 Å². The van der Waals surface area contributed by atoms with Gasteiger partial charge in [-0.15, -0.1) is 15.3 Å². The summed E-state index contributed by atoms with van der Waals surface area (Å²) in [5.41, 5.74) is 9.16. The van der Waals surface area contributed by atoms with Crippen LogP contribution < -0.4 is 32.0 Å². The molecule has 0 aliphatic carbocycles. The van der Waals surface area contributed by atoms with Crippen molar-refractivity contribution in [3.8, 4) is 22.8 Å². The van der Waals surface area contributed by atoms with Crippen LogP contribution in [0.4, 0.5) is 11.5 Å². The molecule has 0 bridgehead atoms. The number of aromatic nitrogens is 5. The van der Waals surface area contributed by atoms with Gasteiger partial charge in [-0.05, 0) is 41.8 Å². The first-order valence-corrected chi connectivity index (χ1v) is 15.6. The molecule has 1 atom stereocenters. The number of nitrogens with zero attached hydrogens (tertiary/aromatic N) is 5. The van der Waals surface area contributed by atoms with E-state index in [1.165, 1.54) is 0 Å². The van der Waals surface area contributed by atoms with E-state index in [9.17, 15) is 24.3 Å². The van der Waals surface area contributed by atoms with Crippen molar-refractivity contribution in [3.05, 3.63) is 94.3 Å². The minimum absolute atomic E-state index is 0.0822. The number of carbonyl (C=O) groups excluding carboxylic acids is 3. The average Bonchev–Trinajstić information content (AvgIpc) is 3.09. The van der Waals surface area contributed by atoms with Gasteiger partial charge in [0, 0.05) is 49.7 Å². The molecule has 1 unspecified atom stereocenters.